The molecule has 0 aliphatic heterocycles. The van der Waals surface area contributed by atoms with Gasteiger partial charge in [-0.25, -0.2) is 4.79 Å². The Morgan fingerprint density at radius 2 is 1.93 bits per heavy atom. The highest BCUT2D eigenvalue weighted by molar-refractivity contribution is 5.81. The molecule has 0 aromatic carbocycles. The summed E-state index contributed by atoms with van der Waals surface area (Å²) in [4.78, 5) is 30.9. The van der Waals surface area contributed by atoms with Crippen LogP contribution in [0.4, 0.5) is 0 Å². The average Bonchev–Trinajstić information content (AvgIpc) is 2.13. The van der Waals surface area contributed by atoms with Crippen LogP contribution in [0.3, 0.4) is 0 Å². The maximum atomic E-state index is 11.2. The van der Waals surface area contributed by atoms with Crippen LogP contribution >= 0.6 is 0 Å². The molecule has 4 nitrogen and oxygen atoms in total. The van der Waals surface area contributed by atoms with Gasteiger partial charge in [-0.15, -0.1) is 0 Å². The highest BCUT2D eigenvalue weighted by Crippen LogP contribution is 2.24. The van der Waals surface area contributed by atoms with E-state index in [1.807, 2.05) is 0 Å². The van der Waals surface area contributed by atoms with Gasteiger partial charge in [-0.05, 0) is 26.7 Å². The van der Waals surface area contributed by atoms with E-state index in [2.05, 4.69) is 4.74 Å². The first-order valence-electron chi connectivity index (χ1n) is 4.48. The molecule has 0 amide bonds. The molecule has 0 rings (SSSR count). The fourth-order valence-corrected chi connectivity index (χ4v) is 1.04. The molecule has 0 heterocycles. The molecule has 2 radical (unpaired) electrons. The SMILES string of the molecule is CC(C)(CCCC[C]=O)C(=O)O[C]=O. The summed E-state index contributed by atoms with van der Waals surface area (Å²) in [6.07, 6.45) is 4.17. The predicted molar refractivity (Wildman–Crippen MR) is 49.7 cm³/mol. The van der Waals surface area contributed by atoms with Crippen molar-refractivity contribution in [3.8, 4) is 0 Å². The minimum Gasteiger partial charge on any atom is -0.384 e. The summed E-state index contributed by atoms with van der Waals surface area (Å²) < 4.78 is 4.14. The van der Waals surface area contributed by atoms with E-state index in [1.165, 1.54) is 0 Å². The normalized spacial score (nSPS) is 10.7. The summed E-state index contributed by atoms with van der Waals surface area (Å²) in [7, 11) is 0. The first-order chi connectivity index (χ1) is 6.54. The first-order valence-corrected chi connectivity index (χ1v) is 4.48. The highest BCUT2D eigenvalue weighted by Gasteiger charge is 2.28. The number of hydrogen-bond acceptors (Lipinski definition) is 4. The van der Waals surface area contributed by atoms with Crippen molar-refractivity contribution in [2.45, 2.75) is 39.5 Å². The van der Waals surface area contributed by atoms with Gasteiger partial charge in [0.2, 0.25) is 0 Å². The van der Waals surface area contributed by atoms with Crippen molar-refractivity contribution in [3.63, 3.8) is 0 Å². The summed E-state index contributed by atoms with van der Waals surface area (Å²) in [6, 6.07) is 0. The van der Waals surface area contributed by atoms with E-state index in [4.69, 9.17) is 0 Å². The van der Waals surface area contributed by atoms with E-state index in [1.54, 1.807) is 20.1 Å². The Bertz CT molecular complexity index is 208. The molecule has 0 fully saturated rings. The number of hydrogen-bond donors (Lipinski definition) is 0. The summed E-state index contributed by atoms with van der Waals surface area (Å²) in [5.41, 5.74) is -0.694. The predicted octanol–water partition coefficient (Wildman–Crippen LogP) is 1.29. The second kappa shape index (κ2) is 6.29. The van der Waals surface area contributed by atoms with Gasteiger partial charge in [-0.2, -0.15) is 0 Å². The number of rotatable bonds is 7. The largest absolute Gasteiger partial charge is 0.425 e. The third kappa shape index (κ3) is 4.74. The van der Waals surface area contributed by atoms with Crippen LogP contribution in [-0.4, -0.2) is 18.7 Å². The Hall–Kier alpha value is -1.19. The minimum atomic E-state index is -0.694. The van der Waals surface area contributed by atoms with Crippen LogP contribution in [-0.2, 0) is 19.1 Å². The van der Waals surface area contributed by atoms with E-state index in [-0.39, 0.29) is 0 Å². The van der Waals surface area contributed by atoms with Gasteiger partial charge < -0.3 is 4.74 Å². The molecule has 0 aliphatic rings. The molecule has 0 aromatic heterocycles. The van der Waals surface area contributed by atoms with Crippen LogP contribution in [0, 0.1) is 5.41 Å². The summed E-state index contributed by atoms with van der Waals surface area (Å²) in [5.74, 6) is -0.581. The summed E-state index contributed by atoms with van der Waals surface area (Å²) in [6.45, 7) is 4.50. The van der Waals surface area contributed by atoms with E-state index in [0.29, 0.717) is 19.3 Å². The fraction of sp³-hybridized carbons (Fsp3) is 0.700. The number of ether oxygens (including phenoxy) is 1. The van der Waals surface area contributed by atoms with Gasteiger partial charge in [-0.3, -0.25) is 9.59 Å². The number of carbonyl (C=O) groups excluding carboxylic acids is 3. The molecular weight excluding hydrogens is 184 g/mol. The van der Waals surface area contributed by atoms with Crippen molar-refractivity contribution in [3.05, 3.63) is 0 Å². The Labute approximate surface area is 83.6 Å². The molecule has 0 atom stereocenters. The van der Waals surface area contributed by atoms with Gasteiger partial charge in [0.25, 0.3) is 0 Å². The lowest BCUT2D eigenvalue weighted by molar-refractivity contribution is -0.145. The van der Waals surface area contributed by atoms with Gasteiger partial charge in [0, 0.05) is 6.42 Å². The zero-order chi connectivity index (χ0) is 11.0. The van der Waals surface area contributed by atoms with Crippen LogP contribution in [0.2, 0.25) is 0 Å². The minimum absolute atomic E-state index is 0.380. The van der Waals surface area contributed by atoms with E-state index < -0.39 is 11.4 Å². The zero-order valence-electron chi connectivity index (χ0n) is 8.46. The van der Waals surface area contributed by atoms with Gasteiger partial charge in [0.15, 0.2) is 6.29 Å². The molecule has 78 valence electrons. The molecule has 0 saturated carbocycles. The fourth-order valence-electron chi connectivity index (χ4n) is 1.04. The van der Waals surface area contributed by atoms with Gasteiger partial charge in [0.1, 0.15) is 0 Å². The lowest BCUT2D eigenvalue weighted by atomic mass is 9.87. The molecule has 0 N–H and O–H groups in total. The maximum Gasteiger partial charge on any atom is 0.425 e. The standard InChI is InChI=1S/C10H14O4/c1-10(2,9(13)14-8-12)6-4-3-5-7-11/h3-6H2,1-2H3. The van der Waals surface area contributed by atoms with Crippen LogP contribution in [0.1, 0.15) is 39.5 Å². The molecule has 0 aromatic rings. The Kier molecular flexibility index (Phi) is 5.76. The lowest BCUT2D eigenvalue weighted by Gasteiger charge is -2.19. The lowest BCUT2D eigenvalue weighted by Crippen LogP contribution is -2.26. The van der Waals surface area contributed by atoms with Crippen molar-refractivity contribution in [2.24, 2.45) is 5.41 Å². The number of esters is 1. The molecule has 0 aliphatic carbocycles. The van der Waals surface area contributed by atoms with Crippen molar-refractivity contribution < 1.29 is 19.1 Å². The smallest absolute Gasteiger partial charge is 0.384 e. The first kappa shape index (κ1) is 12.8. The molecule has 0 spiro atoms. The van der Waals surface area contributed by atoms with Crippen LogP contribution in [0.15, 0.2) is 0 Å². The molecule has 14 heavy (non-hydrogen) atoms. The molecule has 0 bridgehead atoms. The third-order valence-corrected chi connectivity index (χ3v) is 2.02. The molecule has 0 saturated heterocycles. The van der Waals surface area contributed by atoms with Crippen LogP contribution in [0.25, 0.3) is 0 Å². The van der Waals surface area contributed by atoms with Crippen molar-refractivity contribution in [1.29, 1.82) is 0 Å². The maximum absolute atomic E-state index is 11.2. The van der Waals surface area contributed by atoms with Gasteiger partial charge in [-0.1, -0.05) is 6.42 Å². The number of carbonyl (C=O) groups is 1. The third-order valence-electron chi connectivity index (χ3n) is 2.02. The van der Waals surface area contributed by atoms with Crippen molar-refractivity contribution >= 4 is 18.7 Å². The van der Waals surface area contributed by atoms with E-state index in [0.717, 1.165) is 12.9 Å². The van der Waals surface area contributed by atoms with Gasteiger partial charge in [0.05, 0.1) is 5.41 Å². The highest BCUT2D eigenvalue weighted by atomic mass is 16.6. The van der Waals surface area contributed by atoms with E-state index >= 15 is 0 Å². The summed E-state index contributed by atoms with van der Waals surface area (Å²) in [5, 5.41) is 0. The number of unbranched alkanes of at least 4 members (excludes halogenated alkanes) is 2. The Morgan fingerprint density at radius 1 is 1.29 bits per heavy atom. The monoisotopic (exact) mass is 198 g/mol. The summed E-state index contributed by atoms with van der Waals surface area (Å²) >= 11 is 0. The molecule has 4 heteroatoms. The topological polar surface area (TPSA) is 60.4 Å². The zero-order valence-corrected chi connectivity index (χ0v) is 8.46. The second-order valence-corrected chi connectivity index (χ2v) is 3.71. The second-order valence-electron chi connectivity index (χ2n) is 3.71. The van der Waals surface area contributed by atoms with Crippen LogP contribution < -0.4 is 0 Å². The van der Waals surface area contributed by atoms with E-state index in [9.17, 15) is 14.4 Å². The van der Waals surface area contributed by atoms with Crippen LogP contribution in [0.5, 0.6) is 0 Å². The Morgan fingerprint density at radius 3 is 2.43 bits per heavy atom. The average molecular weight is 198 g/mol. The quantitative estimate of drug-likeness (QED) is 0.351. The van der Waals surface area contributed by atoms with Crippen molar-refractivity contribution in [2.75, 3.05) is 0 Å². The molecular formula is C10H14O4. The Balaban J connectivity index is 3.86. The van der Waals surface area contributed by atoms with Crippen molar-refractivity contribution in [1.82, 2.24) is 0 Å². The molecule has 0 unspecified atom stereocenters. The van der Waals surface area contributed by atoms with Gasteiger partial charge >= 0.3 is 12.4 Å².